The third kappa shape index (κ3) is 5.11. The van der Waals surface area contributed by atoms with Crippen molar-refractivity contribution >= 4 is 27.9 Å². The molecule has 1 amide bonds. The van der Waals surface area contributed by atoms with Gasteiger partial charge in [0.25, 0.3) is 5.91 Å². The SMILES string of the molecule is CCOc1c(Br)cc(/C=C(\C#N)C(=O)NCc2ccccc2)cc1OC. The van der Waals surface area contributed by atoms with Crippen molar-refractivity contribution in [3.8, 4) is 17.6 Å². The zero-order valence-electron chi connectivity index (χ0n) is 14.6. The van der Waals surface area contributed by atoms with Gasteiger partial charge < -0.3 is 14.8 Å². The van der Waals surface area contributed by atoms with Gasteiger partial charge in [-0.3, -0.25) is 4.79 Å². The number of halogens is 1. The molecule has 2 rings (SSSR count). The van der Waals surface area contributed by atoms with E-state index in [9.17, 15) is 10.1 Å². The Kier molecular flexibility index (Phi) is 7.24. The number of ether oxygens (including phenoxy) is 2. The number of hydrogen-bond donors (Lipinski definition) is 1. The van der Waals surface area contributed by atoms with Crippen LogP contribution in [0.4, 0.5) is 0 Å². The third-order valence-corrected chi connectivity index (χ3v) is 4.10. The quantitative estimate of drug-likeness (QED) is 0.547. The lowest BCUT2D eigenvalue weighted by Crippen LogP contribution is -2.23. The maximum absolute atomic E-state index is 12.3. The van der Waals surface area contributed by atoms with Gasteiger partial charge in [0, 0.05) is 6.54 Å². The Labute approximate surface area is 161 Å². The molecule has 0 aromatic heterocycles. The number of nitriles is 1. The van der Waals surface area contributed by atoms with Crippen LogP contribution in [0.2, 0.25) is 0 Å². The van der Waals surface area contributed by atoms with Gasteiger partial charge in [-0.05, 0) is 52.2 Å². The van der Waals surface area contributed by atoms with Gasteiger partial charge in [0.15, 0.2) is 11.5 Å². The van der Waals surface area contributed by atoms with E-state index in [1.807, 2.05) is 43.3 Å². The van der Waals surface area contributed by atoms with E-state index >= 15 is 0 Å². The lowest BCUT2D eigenvalue weighted by atomic mass is 10.1. The maximum Gasteiger partial charge on any atom is 0.262 e. The first kappa shape index (κ1) is 19.5. The molecule has 0 saturated heterocycles. The topological polar surface area (TPSA) is 71.3 Å². The Morgan fingerprint density at radius 1 is 1.31 bits per heavy atom. The summed E-state index contributed by atoms with van der Waals surface area (Å²) in [5.74, 6) is 0.675. The van der Waals surface area contributed by atoms with Crippen molar-refractivity contribution in [1.29, 1.82) is 5.26 Å². The predicted molar refractivity (Wildman–Crippen MR) is 104 cm³/mol. The molecule has 0 aliphatic carbocycles. The van der Waals surface area contributed by atoms with Crippen LogP contribution >= 0.6 is 15.9 Å². The molecule has 0 spiro atoms. The lowest BCUT2D eigenvalue weighted by molar-refractivity contribution is -0.117. The average molecular weight is 415 g/mol. The number of nitrogens with one attached hydrogen (secondary N) is 1. The number of methoxy groups -OCH3 is 1. The maximum atomic E-state index is 12.3. The Morgan fingerprint density at radius 3 is 2.65 bits per heavy atom. The molecule has 6 heteroatoms. The molecule has 0 aliphatic rings. The van der Waals surface area contributed by atoms with Gasteiger partial charge >= 0.3 is 0 Å². The summed E-state index contributed by atoms with van der Waals surface area (Å²) in [6.07, 6.45) is 1.52. The molecule has 0 bridgehead atoms. The van der Waals surface area contributed by atoms with Gasteiger partial charge in [0.1, 0.15) is 11.6 Å². The summed E-state index contributed by atoms with van der Waals surface area (Å²) in [4.78, 5) is 12.3. The Bertz CT molecular complexity index is 842. The summed E-state index contributed by atoms with van der Waals surface area (Å²) < 4.78 is 11.6. The zero-order valence-corrected chi connectivity index (χ0v) is 16.2. The molecule has 26 heavy (non-hydrogen) atoms. The number of benzene rings is 2. The van der Waals surface area contributed by atoms with Crippen LogP contribution in [0, 0.1) is 11.3 Å². The smallest absolute Gasteiger partial charge is 0.262 e. The van der Waals surface area contributed by atoms with Gasteiger partial charge in [-0.15, -0.1) is 0 Å². The molecular formula is C20H19BrN2O3. The summed E-state index contributed by atoms with van der Waals surface area (Å²) in [6.45, 7) is 2.73. The van der Waals surface area contributed by atoms with Crippen LogP contribution in [0.1, 0.15) is 18.1 Å². The zero-order chi connectivity index (χ0) is 18.9. The average Bonchev–Trinajstić information content (AvgIpc) is 2.66. The van der Waals surface area contributed by atoms with E-state index in [0.717, 1.165) is 5.56 Å². The van der Waals surface area contributed by atoms with E-state index in [4.69, 9.17) is 9.47 Å². The number of rotatable bonds is 7. The molecular weight excluding hydrogens is 396 g/mol. The van der Waals surface area contributed by atoms with Gasteiger partial charge in [-0.1, -0.05) is 30.3 Å². The predicted octanol–water partition coefficient (Wildman–Crippen LogP) is 4.08. The highest BCUT2D eigenvalue weighted by Gasteiger charge is 2.13. The van der Waals surface area contributed by atoms with Gasteiger partial charge in [0.05, 0.1) is 18.2 Å². The molecule has 0 heterocycles. The van der Waals surface area contributed by atoms with E-state index in [1.165, 1.54) is 13.2 Å². The first-order valence-corrected chi connectivity index (χ1v) is 8.82. The van der Waals surface area contributed by atoms with Crippen LogP contribution in [-0.4, -0.2) is 19.6 Å². The summed E-state index contributed by atoms with van der Waals surface area (Å²) >= 11 is 3.43. The number of amides is 1. The van der Waals surface area contributed by atoms with Crippen LogP contribution in [0.15, 0.2) is 52.5 Å². The molecule has 0 saturated carbocycles. The third-order valence-electron chi connectivity index (χ3n) is 3.51. The van der Waals surface area contributed by atoms with E-state index in [0.29, 0.717) is 34.7 Å². The van der Waals surface area contributed by atoms with Crippen molar-refractivity contribution < 1.29 is 14.3 Å². The second kappa shape index (κ2) is 9.64. The Balaban J connectivity index is 2.21. The molecule has 1 N–H and O–H groups in total. The summed E-state index contributed by atoms with van der Waals surface area (Å²) in [6, 6.07) is 14.9. The van der Waals surface area contributed by atoms with Gasteiger partial charge in [-0.25, -0.2) is 0 Å². The Hall–Kier alpha value is -2.78. The molecule has 2 aromatic carbocycles. The minimum absolute atomic E-state index is 0.0130. The van der Waals surface area contributed by atoms with E-state index in [1.54, 1.807) is 12.1 Å². The minimum Gasteiger partial charge on any atom is -0.493 e. The minimum atomic E-state index is -0.430. The molecule has 5 nitrogen and oxygen atoms in total. The monoisotopic (exact) mass is 414 g/mol. The van der Waals surface area contributed by atoms with E-state index in [-0.39, 0.29) is 5.57 Å². The second-order valence-corrected chi connectivity index (χ2v) is 6.16. The van der Waals surface area contributed by atoms with Crippen molar-refractivity contribution in [2.24, 2.45) is 0 Å². The number of carbonyl (C=O) groups is 1. The first-order chi connectivity index (χ1) is 12.6. The van der Waals surface area contributed by atoms with Crippen LogP contribution < -0.4 is 14.8 Å². The van der Waals surface area contributed by atoms with E-state index in [2.05, 4.69) is 21.2 Å². The molecule has 0 unspecified atom stereocenters. The molecule has 0 fully saturated rings. The standard InChI is InChI=1S/C20H19BrN2O3/c1-3-26-19-17(21)10-15(11-18(19)25-2)9-16(12-22)20(24)23-13-14-7-5-4-6-8-14/h4-11H,3,13H2,1-2H3,(H,23,24)/b16-9+. The van der Waals surface area contributed by atoms with Gasteiger partial charge in [0.2, 0.25) is 0 Å². The summed E-state index contributed by atoms with van der Waals surface area (Å²) in [7, 11) is 1.54. The largest absolute Gasteiger partial charge is 0.493 e. The van der Waals surface area contributed by atoms with E-state index < -0.39 is 5.91 Å². The first-order valence-electron chi connectivity index (χ1n) is 8.03. The van der Waals surface area contributed by atoms with Crippen molar-refractivity contribution in [3.05, 3.63) is 63.6 Å². The molecule has 0 aliphatic heterocycles. The number of hydrogen-bond acceptors (Lipinski definition) is 4. The normalized spacial score (nSPS) is 10.8. The highest BCUT2D eigenvalue weighted by Crippen LogP contribution is 2.37. The fourth-order valence-electron chi connectivity index (χ4n) is 2.30. The highest BCUT2D eigenvalue weighted by molar-refractivity contribution is 9.10. The molecule has 0 atom stereocenters. The van der Waals surface area contributed by atoms with Crippen molar-refractivity contribution in [2.75, 3.05) is 13.7 Å². The fourth-order valence-corrected chi connectivity index (χ4v) is 2.87. The van der Waals surface area contributed by atoms with Crippen molar-refractivity contribution in [2.45, 2.75) is 13.5 Å². The van der Waals surface area contributed by atoms with Crippen LogP contribution in [0.5, 0.6) is 11.5 Å². The molecule has 0 radical (unpaired) electrons. The van der Waals surface area contributed by atoms with Crippen LogP contribution in [0.3, 0.4) is 0 Å². The summed E-state index contributed by atoms with van der Waals surface area (Å²) in [5.41, 5.74) is 1.63. The molecule has 2 aromatic rings. The van der Waals surface area contributed by atoms with Crippen LogP contribution in [-0.2, 0) is 11.3 Å². The second-order valence-electron chi connectivity index (χ2n) is 5.31. The van der Waals surface area contributed by atoms with Crippen molar-refractivity contribution in [3.63, 3.8) is 0 Å². The molecule has 134 valence electrons. The summed E-state index contributed by atoms with van der Waals surface area (Å²) in [5, 5.41) is 12.1. The Morgan fingerprint density at radius 2 is 2.04 bits per heavy atom. The lowest BCUT2D eigenvalue weighted by Gasteiger charge is -2.12. The van der Waals surface area contributed by atoms with Crippen molar-refractivity contribution in [1.82, 2.24) is 5.32 Å². The highest BCUT2D eigenvalue weighted by atomic mass is 79.9. The fraction of sp³-hybridized carbons (Fsp3) is 0.200. The number of nitrogens with zero attached hydrogens (tertiary/aromatic N) is 1. The van der Waals surface area contributed by atoms with Crippen LogP contribution in [0.25, 0.3) is 6.08 Å². The number of carbonyl (C=O) groups excluding carboxylic acids is 1. The van der Waals surface area contributed by atoms with Gasteiger partial charge in [-0.2, -0.15) is 5.26 Å².